The van der Waals surface area contributed by atoms with Gasteiger partial charge in [0.15, 0.2) is 0 Å². The van der Waals surface area contributed by atoms with E-state index in [0.717, 1.165) is 6.08 Å². The fraction of sp³-hybridized carbons (Fsp3) is 0.375. The molecule has 0 aromatic heterocycles. The maximum absolute atomic E-state index is 11.0. The molecular formula is C8H11NO4. The molecule has 13 heavy (non-hydrogen) atoms. The van der Waals surface area contributed by atoms with Crippen LogP contribution in [0.2, 0.25) is 0 Å². The Morgan fingerprint density at radius 1 is 1.38 bits per heavy atom. The minimum atomic E-state index is -1.57. The summed E-state index contributed by atoms with van der Waals surface area (Å²) in [7, 11) is 0. The first-order chi connectivity index (χ1) is 5.81. The molecule has 0 bridgehead atoms. The second-order valence-electron chi connectivity index (χ2n) is 2.95. The van der Waals surface area contributed by atoms with Gasteiger partial charge in [0.05, 0.1) is 0 Å². The summed E-state index contributed by atoms with van der Waals surface area (Å²) in [6.45, 7) is 5.80. The number of rotatable bonds is 4. The lowest BCUT2D eigenvalue weighted by atomic mass is 9.99. The van der Waals surface area contributed by atoms with Crippen molar-refractivity contribution in [2.75, 3.05) is 0 Å². The van der Waals surface area contributed by atoms with Gasteiger partial charge in [0.25, 0.3) is 5.78 Å². The van der Waals surface area contributed by atoms with Crippen LogP contribution in [0.1, 0.15) is 13.8 Å². The third kappa shape index (κ3) is 3.06. The Hall–Kier alpha value is -1.65. The number of carboxylic acids is 1. The van der Waals surface area contributed by atoms with Crippen molar-refractivity contribution in [3.8, 4) is 0 Å². The van der Waals surface area contributed by atoms with Gasteiger partial charge in [-0.2, -0.15) is 0 Å². The van der Waals surface area contributed by atoms with E-state index in [2.05, 4.69) is 11.9 Å². The van der Waals surface area contributed by atoms with E-state index >= 15 is 0 Å². The molecule has 0 aromatic rings. The van der Waals surface area contributed by atoms with Crippen LogP contribution in [0.3, 0.4) is 0 Å². The van der Waals surface area contributed by atoms with E-state index in [-0.39, 0.29) is 0 Å². The number of carbonyl (C=O) groups excluding carboxylic acids is 2. The zero-order chi connectivity index (χ0) is 10.6. The highest BCUT2D eigenvalue weighted by Crippen LogP contribution is 2.03. The summed E-state index contributed by atoms with van der Waals surface area (Å²) in [6.07, 6.45) is 0.969. The van der Waals surface area contributed by atoms with Crippen LogP contribution in [0.15, 0.2) is 12.7 Å². The van der Waals surface area contributed by atoms with Crippen molar-refractivity contribution >= 4 is 17.7 Å². The molecule has 0 aliphatic heterocycles. The molecular weight excluding hydrogens is 174 g/mol. The first-order valence-electron chi connectivity index (χ1n) is 3.53. The van der Waals surface area contributed by atoms with Crippen molar-refractivity contribution in [3.63, 3.8) is 0 Å². The largest absolute Gasteiger partial charge is 0.475 e. The van der Waals surface area contributed by atoms with Crippen LogP contribution >= 0.6 is 0 Å². The van der Waals surface area contributed by atoms with E-state index in [9.17, 15) is 14.4 Å². The molecule has 0 fully saturated rings. The van der Waals surface area contributed by atoms with Gasteiger partial charge in [0.1, 0.15) is 5.54 Å². The van der Waals surface area contributed by atoms with Gasteiger partial charge >= 0.3 is 5.97 Å². The molecule has 0 saturated carbocycles. The van der Waals surface area contributed by atoms with Gasteiger partial charge in [-0.15, -0.1) is 0 Å². The van der Waals surface area contributed by atoms with Crippen molar-refractivity contribution in [1.82, 2.24) is 5.32 Å². The van der Waals surface area contributed by atoms with Crippen molar-refractivity contribution in [2.24, 2.45) is 0 Å². The Balaban J connectivity index is 4.57. The van der Waals surface area contributed by atoms with E-state index in [0.29, 0.717) is 0 Å². The summed E-state index contributed by atoms with van der Waals surface area (Å²) in [5.74, 6) is -3.23. The number of hydrogen-bond donors (Lipinski definition) is 2. The Morgan fingerprint density at radius 3 is 2.15 bits per heavy atom. The Morgan fingerprint density at radius 2 is 1.85 bits per heavy atom. The molecule has 0 heterocycles. The highest BCUT2D eigenvalue weighted by molar-refractivity contribution is 6.36. The number of carbonyl (C=O) groups is 3. The predicted molar refractivity (Wildman–Crippen MR) is 45.1 cm³/mol. The van der Waals surface area contributed by atoms with E-state index in [1.54, 1.807) is 0 Å². The van der Waals surface area contributed by atoms with E-state index in [1.165, 1.54) is 13.8 Å². The normalized spacial score (nSPS) is 10.3. The molecule has 0 aliphatic rings. The van der Waals surface area contributed by atoms with Crippen LogP contribution in [-0.2, 0) is 14.4 Å². The second kappa shape index (κ2) is 3.84. The second-order valence-corrected chi connectivity index (χ2v) is 2.95. The molecule has 0 radical (unpaired) electrons. The average molecular weight is 185 g/mol. The quantitative estimate of drug-likeness (QED) is 0.466. The third-order valence-corrected chi connectivity index (χ3v) is 1.38. The van der Waals surface area contributed by atoms with Gasteiger partial charge < -0.3 is 10.4 Å². The monoisotopic (exact) mass is 185 g/mol. The fourth-order valence-electron chi connectivity index (χ4n) is 0.683. The number of nitrogens with one attached hydrogen (secondary N) is 1. The molecule has 0 spiro atoms. The third-order valence-electron chi connectivity index (χ3n) is 1.38. The van der Waals surface area contributed by atoms with Crippen LogP contribution in [0.5, 0.6) is 0 Å². The molecule has 0 aromatic carbocycles. The predicted octanol–water partition coefficient (Wildman–Crippen LogP) is -0.279. The maximum atomic E-state index is 11.0. The highest BCUT2D eigenvalue weighted by Gasteiger charge is 2.33. The zero-order valence-electron chi connectivity index (χ0n) is 7.46. The van der Waals surface area contributed by atoms with Gasteiger partial charge in [0, 0.05) is 0 Å². The lowest BCUT2D eigenvalue weighted by Gasteiger charge is -2.21. The number of carboxylic acid groups (broad SMARTS) is 1. The van der Waals surface area contributed by atoms with Gasteiger partial charge in [-0.3, -0.25) is 9.59 Å². The zero-order valence-corrected chi connectivity index (χ0v) is 7.46. The minimum absolute atomic E-state index is 0.584. The number of aliphatic carboxylic acids is 1. The molecule has 0 aliphatic carbocycles. The Bertz CT molecular complexity index is 267. The Labute approximate surface area is 75.4 Å². The van der Waals surface area contributed by atoms with Gasteiger partial charge in [-0.1, -0.05) is 6.58 Å². The smallest absolute Gasteiger partial charge is 0.374 e. The molecule has 5 heteroatoms. The summed E-state index contributed by atoms with van der Waals surface area (Å²) in [5.41, 5.74) is -1.41. The van der Waals surface area contributed by atoms with Crippen molar-refractivity contribution in [1.29, 1.82) is 0 Å². The number of Topliss-reactive ketones (excluding diaryl/α,β-unsaturated/α-hetero) is 1. The summed E-state index contributed by atoms with van der Waals surface area (Å²) < 4.78 is 0. The summed E-state index contributed by atoms with van der Waals surface area (Å²) in [5, 5.41) is 10.6. The Kier molecular flexibility index (Phi) is 3.35. The van der Waals surface area contributed by atoms with E-state index < -0.39 is 23.2 Å². The minimum Gasteiger partial charge on any atom is -0.475 e. The molecule has 5 nitrogen and oxygen atoms in total. The van der Waals surface area contributed by atoms with Crippen LogP contribution in [0.25, 0.3) is 0 Å². The van der Waals surface area contributed by atoms with Crippen LogP contribution in [0.4, 0.5) is 0 Å². The SMILES string of the molecule is C=CC(=O)NC(C)(C)C(=O)C(=O)O. The van der Waals surface area contributed by atoms with Crippen LogP contribution in [-0.4, -0.2) is 28.3 Å². The van der Waals surface area contributed by atoms with Gasteiger partial charge in [-0.25, -0.2) is 4.79 Å². The van der Waals surface area contributed by atoms with Crippen molar-refractivity contribution in [2.45, 2.75) is 19.4 Å². The summed E-state index contributed by atoms with van der Waals surface area (Å²) >= 11 is 0. The number of ketones is 1. The standard InChI is InChI=1S/C8H11NO4/c1-4-5(10)9-8(2,3)6(11)7(12)13/h4H,1H2,2-3H3,(H,9,10)(H,12,13). The number of amides is 1. The molecule has 0 rings (SSSR count). The molecule has 1 amide bonds. The van der Waals surface area contributed by atoms with Crippen LogP contribution < -0.4 is 5.32 Å². The van der Waals surface area contributed by atoms with E-state index in [1.807, 2.05) is 0 Å². The lowest BCUT2D eigenvalue weighted by Crippen LogP contribution is -2.51. The molecule has 0 unspecified atom stereocenters. The van der Waals surface area contributed by atoms with Crippen molar-refractivity contribution in [3.05, 3.63) is 12.7 Å². The first-order valence-corrected chi connectivity index (χ1v) is 3.53. The number of hydrogen-bond acceptors (Lipinski definition) is 3. The van der Waals surface area contributed by atoms with Gasteiger partial charge in [-0.05, 0) is 19.9 Å². The highest BCUT2D eigenvalue weighted by atomic mass is 16.4. The molecule has 72 valence electrons. The first kappa shape index (κ1) is 11.4. The van der Waals surface area contributed by atoms with Crippen LogP contribution in [0, 0.1) is 0 Å². The van der Waals surface area contributed by atoms with E-state index in [4.69, 9.17) is 5.11 Å². The molecule has 2 N–H and O–H groups in total. The topological polar surface area (TPSA) is 83.5 Å². The average Bonchev–Trinajstić information content (AvgIpc) is 2.01. The molecule has 0 saturated heterocycles. The summed E-state index contributed by atoms with van der Waals surface area (Å²) in [4.78, 5) is 32.0. The molecule has 0 atom stereocenters. The summed E-state index contributed by atoms with van der Waals surface area (Å²) in [6, 6.07) is 0. The maximum Gasteiger partial charge on any atom is 0.374 e. The lowest BCUT2D eigenvalue weighted by molar-refractivity contribution is -0.152. The fourth-order valence-corrected chi connectivity index (χ4v) is 0.683. The van der Waals surface area contributed by atoms with Crippen molar-refractivity contribution < 1.29 is 19.5 Å². The van der Waals surface area contributed by atoms with Gasteiger partial charge in [0.2, 0.25) is 5.91 Å².